The highest BCUT2D eigenvalue weighted by Gasteiger charge is 2.29. The fraction of sp³-hybridized carbons (Fsp3) is 0.625. The number of pyridine rings is 1. The number of aromatic nitrogens is 1. The third kappa shape index (κ3) is 6.60. The first-order chi connectivity index (χ1) is 10.6. The van der Waals surface area contributed by atoms with Gasteiger partial charge in [-0.25, -0.2) is 0 Å². The summed E-state index contributed by atoms with van der Waals surface area (Å²) in [4.78, 5) is 8.53. The van der Waals surface area contributed by atoms with Crippen LogP contribution in [0.3, 0.4) is 0 Å². The van der Waals surface area contributed by atoms with Crippen molar-refractivity contribution in [1.29, 1.82) is 0 Å². The number of halogens is 1. The molecule has 1 aliphatic rings. The molecule has 0 spiro atoms. The number of nitrogens with one attached hydrogen (secondary N) is 2. The van der Waals surface area contributed by atoms with E-state index in [1.54, 1.807) is 12.4 Å². The fourth-order valence-electron chi connectivity index (χ4n) is 2.45. The van der Waals surface area contributed by atoms with Gasteiger partial charge in [-0.2, -0.15) is 0 Å². The van der Waals surface area contributed by atoms with Crippen molar-refractivity contribution >= 4 is 29.9 Å². The summed E-state index contributed by atoms with van der Waals surface area (Å²) in [6.07, 6.45) is 4.89. The van der Waals surface area contributed by atoms with Gasteiger partial charge in [-0.15, -0.1) is 24.0 Å². The van der Waals surface area contributed by atoms with Crippen molar-refractivity contribution in [1.82, 2.24) is 15.6 Å². The minimum Gasteiger partial charge on any atom is -0.387 e. The number of aliphatic hydroxyl groups excluding tert-OH is 1. The molecule has 2 rings (SSSR count). The molecular formula is C16H27IN4O2. The second-order valence-electron chi connectivity index (χ2n) is 5.77. The molecule has 0 bridgehead atoms. The van der Waals surface area contributed by atoms with Crippen molar-refractivity contribution in [3.63, 3.8) is 0 Å². The van der Waals surface area contributed by atoms with Crippen LogP contribution >= 0.6 is 24.0 Å². The molecule has 3 N–H and O–H groups in total. The quantitative estimate of drug-likeness (QED) is 0.362. The molecule has 1 fully saturated rings. The molecule has 23 heavy (non-hydrogen) atoms. The van der Waals surface area contributed by atoms with Crippen LogP contribution in [0.15, 0.2) is 29.5 Å². The number of guanidine groups is 1. The molecule has 6 nitrogen and oxygen atoms in total. The van der Waals surface area contributed by atoms with Gasteiger partial charge in [-0.1, -0.05) is 0 Å². The lowest BCUT2D eigenvalue weighted by atomic mass is 10.0. The summed E-state index contributed by atoms with van der Waals surface area (Å²) >= 11 is 0. The molecule has 0 radical (unpaired) electrons. The molecule has 1 aromatic rings. The first-order valence-corrected chi connectivity index (χ1v) is 7.87. The van der Waals surface area contributed by atoms with E-state index < -0.39 is 6.10 Å². The molecule has 0 aliphatic carbocycles. The van der Waals surface area contributed by atoms with Gasteiger partial charge in [0, 0.05) is 32.1 Å². The fourth-order valence-corrected chi connectivity index (χ4v) is 2.45. The Hall–Kier alpha value is -0.930. The van der Waals surface area contributed by atoms with Gasteiger partial charge in [0.1, 0.15) is 0 Å². The van der Waals surface area contributed by atoms with Crippen molar-refractivity contribution in [3.8, 4) is 0 Å². The summed E-state index contributed by atoms with van der Waals surface area (Å²) in [5.41, 5.74) is 0.677. The molecule has 130 valence electrons. The smallest absolute Gasteiger partial charge is 0.191 e. The van der Waals surface area contributed by atoms with Gasteiger partial charge in [0.25, 0.3) is 0 Å². The molecule has 0 saturated carbocycles. The number of ether oxygens (including phenoxy) is 1. The second-order valence-corrected chi connectivity index (χ2v) is 5.77. The Morgan fingerprint density at radius 3 is 2.78 bits per heavy atom. The molecule has 2 unspecified atom stereocenters. The van der Waals surface area contributed by atoms with Crippen LogP contribution in [0.5, 0.6) is 0 Å². The van der Waals surface area contributed by atoms with E-state index in [-0.39, 0.29) is 29.6 Å². The van der Waals surface area contributed by atoms with Crippen molar-refractivity contribution in [3.05, 3.63) is 30.1 Å². The monoisotopic (exact) mass is 434 g/mol. The van der Waals surface area contributed by atoms with Crippen molar-refractivity contribution in [2.45, 2.75) is 38.4 Å². The highest BCUT2D eigenvalue weighted by molar-refractivity contribution is 14.0. The highest BCUT2D eigenvalue weighted by Crippen LogP contribution is 2.24. The summed E-state index contributed by atoms with van der Waals surface area (Å²) in [7, 11) is 0. The summed E-state index contributed by atoms with van der Waals surface area (Å²) in [6, 6.07) is 3.62. The second kappa shape index (κ2) is 10.0. The third-order valence-corrected chi connectivity index (χ3v) is 3.77. The molecule has 0 amide bonds. The van der Waals surface area contributed by atoms with Crippen LogP contribution < -0.4 is 10.6 Å². The molecular weight excluding hydrogens is 407 g/mol. The van der Waals surface area contributed by atoms with E-state index in [9.17, 15) is 5.11 Å². The average Bonchev–Trinajstić information content (AvgIpc) is 2.98. The Bertz CT molecular complexity index is 478. The molecule has 7 heteroatoms. The summed E-state index contributed by atoms with van der Waals surface area (Å²) in [5.74, 6) is 0.701. The molecule has 1 aliphatic heterocycles. The van der Waals surface area contributed by atoms with Gasteiger partial charge in [0.05, 0.1) is 18.2 Å². The van der Waals surface area contributed by atoms with E-state index in [4.69, 9.17) is 4.74 Å². The molecule has 1 aromatic heterocycles. The molecule has 1 saturated heterocycles. The lowest BCUT2D eigenvalue weighted by molar-refractivity contribution is 0.0283. The zero-order valence-corrected chi connectivity index (χ0v) is 16.1. The van der Waals surface area contributed by atoms with Gasteiger partial charge in [0.2, 0.25) is 0 Å². The first-order valence-electron chi connectivity index (χ1n) is 7.87. The topological polar surface area (TPSA) is 78.8 Å². The van der Waals surface area contributed by atoms with Gasteiger partial charge in [0.15, 0.2) is 5.96 Å². The predicted octanol–water partition coefficient (Wildman–Crippen LogP) is 1.86. The highest BCUT2D eigenvalue weighted by atomic mass is 127. The summed E-state index contributed by atoms with van der Waals surface area (Å²) < 4.78 is 5.74. The Morgan fingerprint density at radius 2 is 2.17 bits per heavy atom. The lowest BCUT2D eigenvalue weighted by Crippen LogP contribution is -2.41. The minimum atomic E-state index is -0.592. The van der Waals surface area contributed by atoms with E-state index in [2.05, 4.69) is 27.5 Å². The zero-order valence-electron chi connectivity index (χ0n) is 13.8. The lowest BCUT2D eigenvalue weighted by Gasteiger charge is -2.22. The Kier molecular flexibility index (Phi) is 8.78. The summed E-state index contributed by atoms with van der Waals surface area (Å²) in [5, 5.41) is 16.5. The number of nitrogens with zero attached hydrogens (tertiary/aromatic N) is 2. The standard InChI is InChI=1S/C16H26N4O2.HI/c1-3-18-15(20-12-16(2)7-4-10-22-16)19-11-14(21)13-5-8-17-9-6-13;/h5-6,8-9,14,21H,3-4,7,10-12H2,1-2H3,(H2,18,19,20);1H. The SMILES string of the molecule is CCNC(=NCC1(C)CCCO1)NCC(O)c1ccncc1.I. The number of aliphatic hydroxyl groups is 1. The van der Waals surface area contributed by atoms with Crippen LogP contribution in [0.2, 0.25) is 0 Å². The molecule has 2 heterocycles. The van der Waals surface area contributed by atoms with Crippen molar-refractivity contribution in [2.75, 3.05) is 26.2 Å². The van der Waals surface area contributed by atoms with Crippen LogP contribution in [0.25, 0.3) is 0 Å². The Labute approximate surface area is 155 Å². The number of hydrogen-bond donors (Lipinski definition) is 3. The van der Waals surface area contributed by atoms with Gasteiger partial charge in [-0.05, 0) is 44.4 Å². The first kappa shape index (κ1) is 20.1. The van der Waals surface area contributed by atoms with Crippen LogP contribution in [0, 0.1) is 0 Å². The van der Waals surface area contributed by atoms with E-state index in [0.717, 1.165) is 31.6 Å². The maximum atomic E-state index is 10.2. The largest absolute Gasteiger partial charge is 0.387 e. The zero-order chi connectivity index (χ0) is 15.8. The van der Waals surface area contributed by atoms with Crippen LogP contribution in [-0.2, 0) is 4.74 Å². The van der Waals surface area contributed by atoms with Gasteiger partial charge < -0.3 is 20.5 Å². The Balaban J connectivity index is 0.00000264. The van der Waals surface area contributed by atoms with Gasteiger partial charge >= 0.3 is 0 Å². The van der Waals surface area contributed by atoms with E-state index in [0.29, 0.717) is 19.0 Å². The number of aliphatic imine (C=N–C) groups is 1. The van der Waals surface area contributed by atoms with Crippen molar-refractivity contribution < 1.29 is 9.84 Å². The van der Waals surface area contributed by atoms with E-state index in [1.165, 1.54) is 0 Å². The number of hydrogen-bond acceptors (Lipinski definition) is 4. The molecule has 0 aromatic carbocycles. The normalized spacial score (nSPS) is 22.3. The van der Waals surface area contributed by atoms with Crippen LogP contribution in [0.1, 0.15) is 38.4 Å². The van der Waals surface area contributed by atoms with E-state index >= 15 is 0 Å². The minimum absolute atomic E-state index is 0. The number of rotatable bonds is 6. The molecule has 2 atom stereocenters. The third-order valence-electron chi connectivity index (χ3n) is 3.77. The van der Waals surface area contributed by atoms with Crippen LogP contribution in [0.4, 0.5) is 0 Å². The average molecular weight is 434 g/mol. The summed E-state index contributed by atoms with van der Waals surface area (Å²) in [6.45, 7) is 6.72. The maximum absolute atomic E-state index is 10.2. The van der Waals surface area contributed by atoms with Gasteiger partial charge in [-0.3, -0.25) is 9.98 Å². The maximum Gasteiger partial charge on any atom is 0.191 e. The predicted molar refractivity (Wildman–Crippen MR) is 102 cm³/mol. The van der Waals surface area contributed by atoms with E-state index in [1.807, 2.05) is 19.1 Å². The Morgan fingerprint density at radius 1 is 1.43 bits per heavy atom. The van der Waals surface area contributed by atoms with Crippen molar-refractivity contribution in [2.24, 2.45) is 4.99 Å². The van der Waals surface area contributed by atoms with Crippen LogP contribution in [-0.4, -0.2) is 47.9 Å².